The Morgan fingerprint density at radius 3 is 2.52 bits per heavy atom. The summed E-state index contributed by atoms with van der Waals surface area (Å²) in [5, 5.41) is 2.90. The number of thiophene rings is 1. The van der Waals surface area contributed by atoms with E-state index in [1.54, 1.807) is 29.4 Å². The predicted octanol–water partition coefficient (Wildman–Crippen LogP) is 4.23. The van der Waals surface area contributed by atoms with Crippen molar-refractivity contribution in [2.45, 2.75) is 33.4 Å². The molecule has 2 aromatic rings. The molecule has 0 aliphatic carbocycles. The van der Waals surface area contributed by atoms with E-state index in [4.69, 9.17) is 0 Å². The molecule has 2 rings (SSSR count). The molecule has 1 atom stereocenters. The first-order valence-electron chi connectivity index (χ1n) is 8.14. The molecule has 1 aromatic carbocycles. The molecule has 25 heavy (non-hydrogen) atoms. The molecule has 0 radical (unpaired) electrons. The number of aryl methyl sites for hydroxylation is 1. The number of nitrogens with one attached hydrogen (secondary N) is 1. The average molecular weight is 423 g/mol. The molecule has 0 unspecified atom stereocenters. The summed E-state index contributed by atoms with van der Waals surface area (Å²) in [5.74, 6) is -0.303. The Balaban J connectivity index is 2.08. The fourth-order valence-electron chi connectivity index (χ4n) is 2.51. The average Bonchev–Trinajstić information content (AvgIpc) is 2.96. The summed E-state index contributed by atoms with van der Waals surface area (Å²) in [5.41, 5.74) is 1.59. The zero-order valence-electron chi connectivity index (χ0n) is 14.9. The van der Waals surface area contributed by atoms with Gasteiger partial charge in [0.15, 0.2) is 0 Å². The first-order valence-corrected chi connectivity index (χ1v) is 9.75. The van der Waals surface area contributed by atoms with Crippen molar-refractivity contribution >= 4 is 39.1 Å². The monoisotopic (exact) mass is 422 g/mol. The molecule has 0 aliphatic rings. The number of nitrogens with zero attached hydrogens (tertiary/aromatic N) is 1. The van der Waals surface area contributed by atoms with Crippen molar-refractivity contribution in [3.63, 3.8) is 0 Å². The quantitative estimate of drug-likeness (QED) is 0.756. The molecule has 6 heteroatoms. The fourth-order valence-corrected chi connectivity index (χ4v) is 4.05. The standard InChI is InChI=1S/C19H23BrN2O2S/c1-12(2)17(21-18(23)14-7-5-6-13(3)10-14)19(24)22(4)11-15-8-9-16(20)25-15/h5-10,12,17H,11H2,1-4H3,(H,21,23)/t17-/m0/s1. The molecule has 1 aromatic heterocycles. The van der Waals surface area contributed by atoms with E-state index in [9.17, 15) is 9.59 Å². The van der Waals surface area contributed by atoms with Gasteiger partial charge in [0, 0.05) is 17.5 Å². The summed E-state index contributed by atoms with van der Waals surface area (Å²) in [4.78, 5) is 28.1. The molecule has 0 saturated heterocycles. The molecule has 0 saturated carbocycles. The van der Waals surface area contributed by atoms with Gasteiger partial charge in [0.1, 0.15) is 6.04 Å². The van der Waals surface area contributed by atoms with Crippen molar-refractivity contribution in [2.75, 3.05) is 7.05 Å². The SMILES string of the molecule is Cc1cccc(C(=O)N[C@H](C(=O)N(C)Cc2ccc(Br)s2)C(C)C)c1. The lowest BCUT2D eigenvalue weighted by Crippen LogP contribution is -2.50. The molecule has 0 aliphatic heterocycles. The number of halogens is 1. The normalized spacial score (nSPS) is 12.1. The summed E-state index contributed by atoms with van der Waals surface area (Å²) < 4.78 is 1.04. The maximum absolute atomic E-state index is 12.8. The molecule has 4 nitrogen and oxygen atoms in total. The van der Waals surface area contributed by atoms with Crippen molar-refractivity contribution in [3.8, 4) is 0 Å². The van der Waals surface area contributed by atoms with E-state index >= 15 is 0 Å². The molecule has 2 amide bonds. The highest BCUT2D eigenvalue weighted by Gasteiger charge is 2.27. The van der Waals surface area contributed by atoms with E-state index in [1.165, 1.54) is 0 Å². The van der Waals surface area contributed by atoms with Crippen LogP contribution in [0.3, 0.4) is 0 Å². The number of amides is 2. The molecule has 1 N–H and O–H groups in total. The highest BCUT2D eigenvalue weighted by Crippen LogP contribution is 2.23. The van der Waals surface area contributed by atoms with E-state index in [1.807, 2.05) is 51.1 Å². The van der Waals surface area contributed by atoms with E-state index < -0.39 is 6.04 Å². The van der Waals surface area contributed by atoms with Crippen molar-refractivity contribution in [3.05, 3.63) is 56.2 Å². The third kappa shape index (κ3) is 5.41. The van der Waals surface area contributed by atoms with Gasteiger partial charge in [0.25, 0.3) is 5.91 Å². The van der Waals surface area contributed by atoms with Crippen molar-refractivity contribution < 1.29 is 9.59 Å². The van der Waals surface area contributed by atoms with Crippen LogP contribution in [0, 0.1) is 12.8 Å². The first-order chi connectivity index (χ1) is 11.8. The molecule has 0 fully saturated rings. The van der Waals surface area contributed by atoms with Gasteiger partial charge in [0.05, 0.1) is 10.3 Å². The zero-order chi connectivity index (χ0) is 18.6. The highest BCUT2D eigenvalue weighted by atomic mass is 79.9. The van der Waals surface area contributed by atoms with Crippen LogP contribution in [0.25, 0.3) is 0 Å². The predicted molar refractivity (Wildman–Crippen MR) is 106 cm³/mol. The van der Waals surface area contributed by atoms with Crippen LogP contribution in [-0.2, 0) is 11.3 Å². The molecule has 0 bridgehead atoms. The Kier molecular flexibility index (Phi) is 6.79. The van der Waals surface area contributed by atoms with Crippen molar-refractivity contribution in [2.24, 2.45) is 5.92 Å². The van der Waals surface area contributed by atoms with Crippen molar-refractivity contribution in [1.29, 1.82) is 0 Å². The Morgan fingerprint density at radius 1 is 1.24 bits per heavy atom. The lowest BCUT2D eigenvalue weighted by molar-refractivity contribution is -0.133. The van der Waals surface area contributed by atoms with Crippen LogP contribution in [0.2, 0.25) is 0 Å². The van der Waals surface area contributed by atoms with E-state index in [0.717, 1.165) is 14.2 Å². The summed E-state index contributed by atoms with van der Waals surface area (Å²) >= 11 is 5.04. The van der Waals surface area contributed by atoms with E-state index in [2.05, 4.69) is 21.2 Å². The van der Waals surface area contributed by atoms with Gasteiger partial charge in [-0.1, -0.05) is 31.5 Å². The molecular weight excluding hydrogens is 400 g/mol. The Bertz CT molecular complexity index is 757. The third-order valence-corrected chi connectivity index (χ3v) is 5.51. The minimum Gasteiger partial charge on any atom is -0.340 e. The van der Waals surface area contributed by atoms with E-state index in [0.29, 0.717) is 12.1 Å². The number of carbonyl (C=O) groups is 2. The van der Waals surface area contributed by atoms with Gasteiger partial charge in [-0.3, -0.25) is 9.59 Å². The van der Waals surface area contributed by atoms with Gasteiger partial charge in [-0.05, 0) is 53.0 Å². The fraction of sp³-hybridized carbons (Fsp3) is 0.368. The van der Waals surface area contributed by atoms with Gasteiger partial charge in [-0.15, -0.1) is 11.3 Å². The topological polar surface area (TPSA) is 49.4 Å². The summed E-state index contributed by atoms with van der Waals surface area (Å²) in [7, 11) is 1.77. The van der Waals surface area contributed by atoms with E-state index in [-0.39, 0.29) is 17.7 Å². The van der Waals surface area contributed by atoms with Gasteiger partial charge in [0.2, 0.25) is 5.91 Å². The largest absolute Gasteiger partial charge is 0.340 e. The minimum absolute atomic E-state index is 0.00113. The second kappa shape index (κ2) is 8.63. The second-order valence-corrected chi connectivity index (χ2v) is 9.01. The van der Waals surface area contributed by atoms with Crippen LogP contribution < -0.4 is 5.32 Å². The van der Waals surface area contributed by atoms with Gasteiger partial charge < -0.3 is 10.2 Å². The Hall–Kier alpha value is -1.66. The van der Waals surface area contributed by atoms with Crippen LogP contribution in [0.5, 0.6) is 0 Å². The number of likely N-dealkylation sites (N-methyl/N-ethyl adjacent to an activating group) is 1. The summed E-state index contributed by atoms with van der Waals surface area (Å²) in [6, 6.07) is 10.8. The Labute approximate surface area is 161 Å². The first kappa shape index (κ1) is 19.7. The smallest absolute Gasteiger partial charge is 0.251 e. The number of hydrogen-bond donors (Lipinski definition) is 1. The van der Waals surface area contributed by atoms with Crippen LogP contribution >= 0.6 is 27.3 Å². The van der Waals surface area contributed by atoms with Crippen LogP contribution in [-0.4, -0.2) is 29.8 Å². The molecule has 134 valence electrons. The lowest BCUT2D eigenvalue weighted by Gasteiger charge is -2.27. The minimum atomic E-state index is -0.554. The summed E-state index contributed by atoms with van der Waals surface area (Å²) in [6.45, 7) is 6.34. The third-order valence-electron chi connectivity index (χ3n) is 3.90. The van der Waals surface area contributed by atoms with Gasteiger partial charge in [-0.2, -0.15) is 0 Å². The van der Waals surface area contributed by atoms with Crippen LogP contribution in [0.4, 0.5) is 0 Å². The molecule has 0 spiro atoms. The van der Waals surface area contributed by atoms with Crippen molar-refractivity contribution in [1.82, 2.24) is 10.2 Å². The zero-order valence-corrected chi connectivity index (χ0v) is 17.3. The maximum atomic E-state index is 12.8. The number of hydrogen-bond acceptors (Lipinski definition) is 3. The molecule has 1 heterocycles. The second-order valence-electron chi connectivity index (χ2n) is 6.46. The van der Waals surface area contributed by atoms with Gasteiger partial charge >= 0.3 is 0 Å². The van der Waals surface area contributed by atoms with Crippen LogP contribution in [0.15, 0.2) is 40.2 Å². The number of carbonyl (C=O) groups excluding carboxylic acids is 2. The number of benzene rings is 1. The maximum Gasteiger partial charge on any atom is 0.251 e. The number of rotatable bonds is 6. The van der Waals surface area contributed by atoms with Gasteiger partial charge in [-0.25, -0.2) is 0 Å². The highest BCUT2D eigenvalue weighted by molar-refractivity contribution is 9.11. The molecular formula is C19H23BrN2O2S. The lowest BCUT2D eigenvalue weighted by atomic mass is 10.0. The Morgan fingerprint density at radius 2 is 1.96 bits per heavy atom. The summed E-state index contributed by atoms with van der Waals surface area (Å²) in [6.07, 6.45) is 0. The van der Waals surface area contributed by atoms with Crippen LogP contribution in [0.1, 0.15) is 34.6 Å².